The topological polar surface area (TPSA) is 81.1 Å². The number of carbonyl (C=O) groups excluding carboxylic acids is 1. The highest BCUT2D eigenvalue weighted by molar-refractivity contribution is 5.99. The van der Waals surface area contributed by atoms with Crippen LogP contribution in [0, 0.1) is 6.92 Å². The van der Waals surface area contributed by atoms with Crippen LogP contribution in [-0.2, 0) is 6.18 Å². The average Bonchev–Trinajstić information content (AvgIpc) is 2.78. The van der Waals surface area contributed by atoms with E-state index >= 15 is 0 Å². The average molecular weight is 445 g/mol. The van der Waals surface area contributed by atoms with Crippen LogP contribution >= 0.6 is 0 Å². The van der Waals surface area contributed by atoms with Gasteiger partial charge in [-0.05, 0) is 20.8 Å². The van der Waals surface area contributed by atoms with E-state index in [1.807, 2.05) is 37.3 Å². The Hall–Kier alpha value is -3.56. The fourth-order valence-corrected chi connectivity index (χ4v) is 3.07. The Morgan fingerprint density at radius 3 is 2.34 bits per heavy atom. The number of likely N-dealkylation sites (N-methyl/N-ethyl adjacent to an activating group) is 1. The highest BCUT2D eigenvalue weighted by atomic mass is 19.4. The van der Waals surface area contributed by atoms with Gasteiger partial charge >= 0.3 is 12.2 Å². The molecule has 0 saturated carbocycles. The molecular formula is C22H22F3N5O2. The minimum atomic E-state index is -4.52. The van der Waals surface area contributed by atoms with Crippen molar-refractivity contribution in [3.63, 3.8) is 0 Å². The summed E-state index contributed by atoms with van der Waals surface area (Å²) in [5.41, 5.74) is 0.706. The number of carbonyl (C=O) groups is 1. The number of rotatable bonds is 7. The normalized spacial score (nSPS) is 12.3. The van der Waals surface area contributed by atoms with Crippen LogP contribution in [0.3, 0.4) is 0 Å². The first-order chi connectivity index (χ1) is 15.2. The quantitative estimate of drug-likeness (QED) is 0.543. The zero-order valence-corrected chi connectivity index (χ0v) is 17.8. The Labute approximate surface area is 183 Å². The number of hydrogen-bond donors (Lipinski definition) is 0. The molecule has 0 radical (unpaired) electrons. The van der Waals surface area contributed by atoms with Gasteiger partial charge in [0.2, 0.25) is 0 Å². The molecule has 168 valence electrons. The summed E-state index contributed by atoms with van der Waals surface area (Å²) in [5, 5.41) is 0. The molecule has 0 bridgehead atoms. The number of benzene rings is 1. The van der Waals surface area contributed by atoms with Crippen molar-refractivity contribution in [3.8, 4) is 17.3 Å². The molecule has 3 aromatic rings. The predicted octanol–water partition coefficient (Wildman–Crippen LogP) is 4.19. The third-order valence-corrected chi connectivity index (χ3v) is 4.73. The molecule has 0 saturated heterocycles. The number of amides is 1. The van der Waals surface area contributed by atoms with Crippen LogP contribution in [0.25, 0.3) is 11.3 Å². The first-order valence-electron chi connectivity index (χ1n) is 9.92. The molecule has 2 heterocycles. The molecule has 0 spiro atoms. The molecular weight excluding hydrogens is 423 g/mol. The lowest BCUT2D eigenvalue weighted by molar-refractivity contribution is -0.138. The third-order valence-electron chi connectivity index (χ3n) is 4.73. The van der Waals surface area contributed by atoms with Gasteiger partial charge in [0.1, 0.15) is 12.4 Å². The molecule has 32 heavy (non-hydrogen) atoms. The van der Waals surface area contributed by atoms with Gasteiger partial charge in [-0.25, -0.2) is 19.9 Å². The van der Waals surface area contributed by atoms with Gasteiger partial charge in [-0.2, -0.15) is 13.2 Å². The molecule has 0 aliphatic rings. The fourth-order valence-electron chi connectivity index (χ4n) is 3.07. The third kappa shape index (κ3) is 5.37. The van der Waals surface area contributed by atoms with Crippen molar-refractivity contribution >= 4 is 5.91 Å². The summed E-state index contributed by atoms with van der Waals surface area (Å²) in [6, 6.07) is 8.71. The molecule has 1 amide bonds. The molecule has 1 unspecified atom stereocenters. The van der Waals surface area contributed by atoms with E-state index in [4.69, 9.17) is 4.74 Å². The summed E-state index contributed by atoms with van der Waals surface area (Å²) in [6.07, 6.45) is -1.71. The molecule has 0 aliphatic heterocycles. The highest BCUT2D eigenvalue weighted by Gasteiger charge is 2.31. The number of halogens is 3. The molecule has 0 N–H and O–H groups in total. The number of nitrogens with zero attached hydrogens (tertiary/aromatic N) is 5. The molecule has 2 aromatic heterocycles. The highest BCUT2D eigenvalue weighted by Crippen LogP contribution is 2.28. The van der Waals surface area contributed by atoms with Crippen LogP contribution in [0.4, 0.5) is 13.2 Å². The lowest BCUT2D eigenvalue weighted by Crippen LogP contribution is -2.42. The van der Waals surface area contributed by atoms with Crippen LogP contribution in [0.15, 0.2) is 48.9 Å². The van der Waals surface area contributed by atoms with Gasteiger partial charge in [-0.3, -0.25) is 4.79 Å². The molecule has 0 aliphatic carbocycles. The Morgan fingerprint density at radius 2 is 1.75 bits per heavy atom. The first-order valence-corrected chi connectivity index (χ1v) is 9.92. The number of alkyl halides is 3. The minimum absolute atomic E-state index is 0.00165. The van der Waals surface area contributed by atoms with Gasteiger partial charge in [0.15, 0.2) is 0 Å². The second kappa shape index (κ2) is 9.71. The molecule has 3 rings (SSSR count). The minimum Gasteiger partial charge on any atom is -0.461 e. The van der Waals surface area contributed by atoms with Crippen molar-refractivity contribution in [1.82, 2.24) is 24.8 Å². The van der Waals surface area contributed by atoms with Crippen LogP contribution in [0.1, 0.15) is 35.6 Å². The van der Waals surface area contributed by atoms with Crippen molar-refractivity contribution in [2.75, 3.05) is 13.2 Å². The van der Waals surface area contributed by atoms with Gasteiger partial charge in [-0.1, -0.05) is 30.3 Å². The van der Waals surface area contributed by atoms with E-state index in [0.717, 1.165) is 5.56 Å². The lowest BCUT2D eigenvalue weighted by Gasteiger charge is -2.28. The smallest absolute Gasteiger partial charge is 0.419 e. The van der Waals surface area contributed by atoms with Crippen molar-refractivity contribution in [1.29, 1.82) is 0 Å². The van der Waals surface area contributed by atoms with E-state index in [9.17, 15) is 18.0 Å². The van der Waals surface area contributed by atoms with E-state index in [-0.39, 0.29) is 18.5 Å². The van der Waals surface area contributed by atoms with Gasteiger partial charge < -0.3 is 9.64 Å². The lowest BCUT2D eigenvalue weighted by atomic mass is 10.1. The number of aryl methyl sites for hydroxylation is 1. The maximum absolute atomic E-state index is 13.3. The first kappa shape index (κ1) is 23.1. The maximum Gasteiger partial charge on any atom is 0.419 e. The summed E-state index contributed by atoms with van der Waals surface area (Å²) in [7, 11) is 0. The van der Waals surface area contributed by atoms with Crippen molar-refractivity contribution < 1.29 is 22.7 Å². The van der Waals surface area contributed by atoms with E-state index < -0.39 is 17.8 Å². The number of ether oxygens (including phenoxy) is 1. The molecule has 1 atom stereocenters. The summed E-state index contributed by atoms with van der Waals surface area (Å²) >= 11 is 0. The van der Waals surface area contributed by atoms with Gasteiger partial charge in [0.05, 0.1) is 22.9 Å². The zero-order valence-electron chi connectivity index (χ0n) is 17.8. The van der Waals surface area contributed by atoms with Gasteiger partial charge in [-0.15, -0.1) is 0 Å². The van der Waals surface area contributed by atoms with E-state index in [1.54, 1.807) is 18.7 Å². The summed E-state index contributed by atoms with van der Waals surface area (Å²) in [5.74, 6) is 0.259. The molecule has 1 aromatic carbocycles. The van der Waals surface area contributed by atoms with Crippen LogP contribution in [-0.4, -0.2) is 49.9 Å². The van der Waals surface area contributed by atoms with Crippen LogP contribution < -0.4 is 4.74 Å². The van der Waals surface area contributed by atoms with E-state index in [2.05, 4.69) is 19.9 Å². The van der Waals surface area contributed by atoms with Crippen LogP contribution in [0.2, 0.25) is 0 Å². The number of aromatic nitrogens is 4. The SMILES string of the molecule is CCN(C(=O)c1cnc(C)nc1-c1ccccc1)C(C)COc1ncc(C(F)(F)F)cn1. The summed E-state index contributed by atoms with van der Waals surface area (Å²) in [4.78, 5) is 30.7. The number of hydrogen-bond acceptors (Lipinski definition) is 6. The Morgan fingerprint density at radius 1 is 1.09 bits per heavy atom. The standard InChI is InChI=1S/C22H22F3N5O2/c1-4-30(14(2)13-32-21-27-10-17(11-28-21)22(23,24)25)20(31)18-12-26-15(3)29-19(18)16-8-6-5-7-9-16/h5-12,14H,4,13H2,1-3H3. The fraction of sp³-hybridized carbons (Fsp3) is 0.318. The maximum atomic E-state index is 13.3. The largest absolute Gasteiger partial charge is 0.461 e. The molecule has 10 heteroatoms. The Bertz CT molecular complexity index is 1060. The molecule has 0 fully saturated rings. The van der Waals surface area contributed by atoms with Crippen molar-refractivity contribution in [2.45, 2.75) is 33.0 Å². The van der Waals surface area contributed by atoms with E-state index in [1.165, 1.54) is 6.20 Å². The second-order valence-corrected chi connectivity index (χ2v) is 7.05. The van der Waals surface area contributed by atoms with Crippen molar-refractivity contribution in [2.24, 2.45) is 0 Å². The Balaban J connectivity index is 1.76. The summed E-state index contributed by atoms with van der Waals surface area (Å²) < 4.78 is 43.3. The Kier molecular flexibility index (Phi) is 7.01. The monoisotopic (exact) mass is 445 g/mol. The van der Waals surface area contributed by atoms with E-state index in [0.29, 0.717) is 36.0 Å². The molecule has 7 nitrogen and oxygen atoms in total. The summed E-state index contributed by atoms with van der Waals surface area (Å²) in [6.45, 7) is 5.71. The second-order valence-electron chi connectivity index (χ2n) is 7.05. The zero-order chi connectivity index (χ0) is 23.3. The van der Waals surface area contributed by atoms with Crippen LogP contribution in [0.5, 0.6) is 6.01 Å². The van der Waals surface area contributed by atoms with Crippen molar-refractivity contribution in [3.05, 3.63) is 65.9 Å². The van der Waals surface area contributed by atoms with Gasteiger partial charge in [0, 0.05) is 30.7 Å². The predicted molar refractivity (Wildman–Crippen MR) is 111 cm³/mol. The van der Waals surface area contributed by atoms with Gasteiger partial charge in [0.25, 0.3) is 5.91 Å².